The van der Waals surface area contributed by atoms with Gasteiger partial charge in [0.2, 0.25) is 0 Å². The summed E-state index contributed by atoms with van der Waals surface area (Å²) in [6.07, 6.45) is 5.96. The molecule has 0 saturated carbocycles. The molecule has 3 N–H and O–H groups in total. The lowest BCUT2D eigenvalue weighted by atomic mass is 9.94. The largest absolute Gasteiger partial charge is 0.271 e. The van der Waals surface area contributed by atoms with E-state index in [-0.39, 0.29) is 0 Å². The van der Waals surface area contributed by atoms with Crippen LogP contribution in [0.2, 0.25) is 0 Å². The fraction of sp³-hybridized carbons (Fsp3) is 0.600. The zero-order valence-electron chi connectivity index (χ0n) is 11.2. The van der Waals surface area contributed by atoms with E-state index in [4.69, 9.17) is 5.84 Å². The number of benzene rings is 1. The van der Waals surface area contributed by atoms with Crippen LogP contribution in [-0.4, -0.2) is 6.04 Å². The molecule has 0 aromatic heterocycles. The van der Waals surface area contributed by atoms with Gasteiger partial charge in [-0.1, -0.05) is 57.0 Å². The molecule has 17 heavy (non-hydrogen) atoms. The fourth-order valence-corrected chi connectivity index (χ4v) is 2.35. The summed E-state index contributed by atoms with van der Waals surface area (Å²) < 4.78 is 0. The van der Waals surface area contributed by atoms with Crippen LogP contribution in [0.4, 0.5) is 0 Å². The molecule has 2 atom stereocenters. The molecule has 1 aromatic rings. The van der Waals surface area contributed by atoms with E-state index in [1.807, 2.05) is 0 Å². The van der Waals surface area contributed by atoms with E-state index in [0.29, 0.717) is 6.04 Å². The van der Waals surface area contributed by atoms with Crippen molar-refractivity contribution in [1.82, 2.24) is 5.43 Å². The highest BCUT2D eigenvalue weighted by Crippen LogP contribution is 2.15. The van der Waals surface area contributed by atoms with Crippen LogP contribution >= 0.6 is 0 Å². The van der Waals surface area contributed by atoms with Crippen molar-refractivity contribution in [2.75, 3.05) is 0 Å². The van der Waals surface area contributed by atoms with E-state index in [0.717, 1.165) is 18.8 Å². The van der Waals surface area contributed by atoms with Crippen LogP contribution in [0.5, 0.6) is 0 Å². The van der Waals surface area contributed by atoms with E-state index in [1.54, 1.807) is 0 Å². The number of aryl methyl sites for hydroxylation is 1. The van der Waals surface area contributed by atoms with Gasteiger partial charge in [-0.05, 0) is 30.7 Å². The molecule has 2 unspecified atom stereocenters. The Bertz CT molecular complexity index is 284. The van der Waals surface area contributed by atoms with Crippen LogP contribution in [-0.2, 0) is 6.42 Å². The van der Waals surface area contributed by atoms with Crippen LogP contribution in [0, 0.1) is 5.92 Å². The predicted molar refractivity (Wildman–Crippen MR) is 74.6 cm³/mol. The first-order chi connectivity index (χ1) is 8.26. The van der Waals surface area contributed by atoms with Gasteiger partial charge < -0.3 is 0 Å². The molecule has 0 heterocycles. The van der Waals surface area contributed by atoms with E-state index in [2.05, 4.69) is 49.6 Å². The van der Waals surface area contributed by atoms with Gasteiger partial charge in [0.05, 0.1) is 0 Å². The molecule has 0 saturated heterocycles. The molecule has 2 nitrogen and oxygen atoms in total. The Kier molecular flexibility index (Phi) is 6.90. The third kappa shape index (κ3) is 5.85. The van der Waals surface area contributed by atoms with Crippen molar-refractivity contribution < 1.29 is 0 Å². The Hall–Kier alpha value is -0.860. The maximum absolute atomic E-state index is 5.63. The smallest absolute Gasteiger partial charge is 0.0216 e. The number of hydrazine groups is 1. The van der Waals surface area contributed by atoms with Gasteiger partial charge in [0, 0.05) is 6.04 Å². The van der Waals surface area contributed by atoms with Crippen LogP contribution in [0.25, 0.3) is 0 Å². The van der Waals surface area contributed by atoms with E-state index < -0.39 is 0 Å². The lowest BCUT2D eigenvalue weighted by Gasteiger charge is -2.20. The Morgan fingerprint density at radius 3 is 2.47 bits per heavy atom. The van der Waals surface area contributed by atoms with Gasteiger partial charge in [0.1, 0.15) is 0 Å². The molecule has 0 aliphatic carbocycles. The van der Waals surface area contributed by atoms with E-state index in [9.17, 15) is 0 Å². The second kappa shape index (κ2) is 8.26. The fourth-order valence-electron chi connectivity index (χ4n) is 2.35. The van der Waals surface area contributed by atoms with Gasteiger partial charge in [-0.2, -0.15) is 0 Å². The van der Waals surface area contributed by atoms with Crippen LogP contribution in [0.3, 0.4) is 0 Å². The summed E-state index contributed by atoms with van der Waals surface area (Å²) in [5, 5.41) is 0. The Labute approximate surface area is 106 Å². The molecule has 1 rings (SSSR count). The highest BCUT2D eigenvalue weighted by Gasteiger charge is 2.11. The summed E-state index contributed by atoms with van der Waals surface area (Å²) in [4.78, 5) is 0. The third-order valence-corrected chi connectivity index (χ3v) is 3.33. The summed E-state index contributed by atoms with van der Waals surface area (Å²) in [6.45, 7) is 4.56. The summed E-state index contributed by atoms with van der Waals surface area (Å²) in [5.74, 6) is 6.39. The summed E-state index contributed by atoms with van der Waals surface area (Å²) in [7, 11) is 0. The van der Waals surface area contributed by atoms with Crippen LogP contribution < -0.4 is 11.3 Å². The third-order valence-electron chi connectivity index (χ3n) is 3.33. The van der Waals surface area contributed by atoms with Gasteiger partial charge >= 0.3 is 0 Å². The van der Waals surface area contributed by atoms with Gasteiger partial charge in [0.25, 0.3) is 0 Å². The minimum atomic E-state index is 0.441. The maximum Gasteiger partial charge on any atom is 0.0216 e. The normalized spacial score (nSPS) is 14.5. The highest BCUT2D eigenvalue weighted by atomic mass is 15.2. The van der Waals surface area contributed by atoms with Gasteiger partial charge in [-0.3, -0.25) is 11.3 Å². The quantitative estimate of drug-likeness (QED) is 0.535. The monoisotopic (exact) mass is 234 g/mol. The van der Waals surface area contributed by atoms with Crippen molar-refractivity contribution in [2.24, 2.45) is 11.8 Å². The van der Waals surface area contributed by atoms with Gasteiger partial charge in [-0.15, -0.1) is 0 Å². The molecule has 0 bridgehead atoms. The highest BCUT2D eigenvalue weighted by molar-refractivity contribution is 5.14. The lowest BCUT2D eigenvalue weighted by molar-refractivity contribution is 0.371. The van der Waals surface area contributed by atoms with Gasteiger partial charge in [0.15, 0.2) is 0 Å². The van der Waals surface area contributed by atoms with Crippen molar-refractivity contribution >= 4 is 0 Å². The van der Waals surface area contributed by atoms with E-state index in [1.165, 1.54) is 24.8 Å². The summed E-state index contributed by atoms with van der Waals surface area (Å²) in [5.41, 5.74) is 4.36. The molecule has 2 heteroatoms. The molecule has 96 valence electrons. The van der Waals surface area contributed by atoms with Crippen molar-refractivity contribution in [3.05, 3.63) is 35.9 Å². The van der Waals surface area contributed by atoms with Crippen molar-refractivity contribution in [1.29, 1.82) is 0 Å². The molecule has 1 aromatic carbocycles. The number of hydrogen-bond donors (Lipinski definition) is 2. The molecule has 0 amide bonds. The summed E-state index contributed by atoms with van der Waals surface area (Å²) >= 11 is 0. The maximum atomic E-state index is 5.63. The Balaban J connectivity index is 2.32. The number of rotatable bonds is 8. The Morgan fingerprint density at radius 2 is 1.88 bits per heavy atom. The number of nitrogens with two attached hydrogens (primary N) is 1. The van der Waals surface area contributed by atoms with Gasteiger partial charge in [-0.25, -0.2) is 0 Å². The van der Waals surface area contributed by atoms with Crippen LogP contribution in [0.1, 0.15) is 45.1 Å². The first-order valence-electron chi connectivity index (χ1n) is 6.76. The zero-order chi connectivity index (χ0) is 12.5. The molecule has 0 radical (unpaired) electrons. The average Bonchev–Trinajstić information content (AvgIpc) is 2.36. The van der Waals surface area contributed by atoms with Crippen molar-refractivity contribution in [3.63, 3.8) is 0 Å². The predicted octanol–water partition coefficient (Wildman–Crippen LogP) is 3.28. The Morgan fingerprint density at radius 1 is 1.18 bits per heavy atom. The molecule has 0 aliphatic rings. The first-order valence-corrected chi connectivity index (χ1v) is 6.76. The minimum Gasteiger partial charge on any atom is -0.271 e. The zero-order valence-corrected chi connectivity index (χ0v) is 11.2. The van der Waals surface area contributed by atoms with Crippen molar-refractivity contribution in [3.8, 4) is 0 Å². The first kappa shape index (κ1) is 14.2. The molecule has 0 spiro atoms. The SMILES string of the molecule is CCCC(C)CC(CCc1ccccc1)NN. The molecule has 0 fully saturated rings. The average molecular weight is 234 g/mol. The number of hydrogen-bond acceptors (Lipinski definition) is 2. The molecular formula is C15H26N2. The topological polar surface area (TPSA) is 38.0 Å². The summed E-state index contributed by atoms with van der Waals surface area (Å²) in [6, 6.07) is 11.1. The second-order valence-corrected chi connectivity index (χ2v) is 5.02. The number of nitrogens with one attached hydrogen (secondary N) is 1. The molecule has 0 aliphatic heterocycles. The molecular weight excluding hydrogens is 208 g/mol. The second-order valence-electron chi connectivity index (χ2n) is 5.02. The lowest BCUT2D eigenvalue weighted by Crippen LogP contribution is -2.36. The standard InChI is InChI=1S/C15H26N2/c1-3-7-13(2)12-15(17-16)11-10-14-8-5-4-6-9-14/h4-6,8-9,13,15,17H,3,7,10-12,16H2,1-2H3. The van der Waals surface area contributed by atoms with E-state index >= 15 is 0 Å². The van der Waals surface area contributed by atoms with Crippen molar-refractivity contribution in [2.45, 2.75) is 52.0 Å². The minimum absolute atomic E-state index is 0.441. The van der Waals surface area contributed by atoms with Crippen LogP contribution in [0.15, 0.2) is 30.3 Å².